The molecule has 4 heteroatoms. The van der Waals surface area contributed by atoms with E-state index in [-0.39, 0.29) is 11.8 Å². The van der Waals surface area contributed by atoms with Gasteiger partial charge >= 0.3 is 0 Å². The maximum Gasteiger partial charge on any atom is 0.219 e. The lowest BCUT2D eigenvalue weighted by Gasteiger charge is -2.08. The molecule has 2 rings (SSSR count). The van der Waals surface area contributed by atoms with Crippen molar-refractivity contribution in [2.45, 2.75) is 44.9 Å². The van der Waals surface area contributed by atoms with E-state index in [0.717, 1.165) is 51.6 Å². The molecule has 2 N–H and O–H groups in total. The number of carbonyl (C=O) groups excluding carboxylic acids is 2. The van der Waals surface area contributed by atoms with Crippen molar-refractivity contribution in [3.8, 4) is 0 Å². The fourth-order valence-corrected chi connectivity index (χ4v) is 1.63. The fourth-order valence-electron chi connectivity index (χ4n) is 1.63. The van der Waals surface area contributed by atoms with E-state index in [1.165, 1.54) is 6.42 Å². The largest absolute Gasteiger partial charge is 0.356 e. The average Bonchev–Trinajstić information content (AvgIpc) is 2.48. The van der Waals surface area contributed by atoms with Gasteiger partial charge in [0.05, 0.1) is 0 Å². The first-order chi connectivity index (χ1) is 7.29. The Morgan fingerprint density at radius 1 is 0.667 bits per heavy atom. The van der Waals surface area contributed by atoms with Crippen LogP contribution in [0.5, 0.6) is 0 Å². The molecule has 0 spiro atoms. The zero-order chi connectivity index (χ0) is 10.9. The molecule has 86 valence electrons. The third-order valence-corrected chi connectivity index (χ3v) is 2.56. The van der Waals surface area contributed by atoms with Gasteiger partial charge in [0.1, 0.15) is 0 Å². The summed E-state index contributed by atoms with van der Waals surface area (Å²) >= 11 is 0. The second-order valence-corrected chi connectivity index (χ2v) is 3.97. The second kappa shape index (κ2) is 7.26. The van der Waals surface area contributed by atoms with Gasteiger partial charge in [-0.25, -0.2) is 0 Å². The van der Waals surface area contributed by atoms with Crippen LogP contribution in [0.15, 0.2) is 0 Å². The van der Waals surface area contributed by atoms with Crippen molar-refractivity contribution in [2.24, 2.45) is 0 Å². The van der Waals surface area contributed by atoms with Gasteiger partial charge in [0.15, 0.2) is 0 Å². The first kappa shape index (κ1) is 12.0. The molecular formula is C11H20N2O2. The molecule has 0 atom stereocenters. The van der Waals surface area contributed by atoms with Crippen molar-refractivity contribution >= 4 is 11.8 Å². The maximum atomic E-state index is 10.6. The van der Waals surface area contributed by atoms with Gasteiger partial charge in [0.2, 0.25) is 11.8 Å². The lowest BCUT2D eigenvalue weighted by Crippen LogP contribution is -2.28. The van der Waals surface area contributed by atoms with Crippen LogP contribution in [-0.2, 0) is 9.59 Å². The Hall–Kier alpha value is -1.06. The van der Waals surface area contributed by atoms with E-state index in [9.17, 15) is 9.59 Å². The minimum Gasteiger partial charge on any atom is -0.356 e. The van der Waals surface area contributed by atoms with Crippen LogP contribution in [0.3, 0.4) is 0 Å². The molecule has 4 nitrogen and oxygen atoms in total. The highest BCUT2D eigenvalue weighted by Gasteiger charge is 2.04. The number of nitrogens with one attached hydrogen (secondary N) is 2. The Balaban J connectivity index is 0.000000151. The highest BCUT2D eigenvalue weighted by molar-refractivity contribution is 5.76. The van der Waals surface area contributed by atoms with Crippen molar-refractivity contribution in [1.29, 1.82) is 0 Å². The zero-order valence-electron chi connectivity index (χ0n) is 9.18. The van der Waals surface area contributed by atoms with Crippen LogP contribution >= 0.6 is 0 Å². The molecule has 2 amide bonds. The highest BCUT2D eigenvalue weighted by Crippen LogP contribution is 2.02. The van der Waals surface area contributed by atoms with E-state index in [1.54, 1.807) is 0 Å². The molecule has 2 aliphatic rings. The third kappa shape index (κ3) is 6.10. The predicted molar refractivity (Wildman–Crippen MR) is 58.3 cm³/mol. The first-order valence-corrected chi connectivity index (χ1v) is 5.82. The van der Waals surface area contributed by atoms with E-state index in [4.69, 9.17) is 0 Å². The number of hydrogen-bond donors (Lipinski definition) is 2. The summed E-state index contributed by atoms with van der Waals surface area (Å²) in [6.45, 7) is 1.78. The van der Waals surface area contributed by atoms with Gasteiger partial charge in [-0.05, 0) is 25.7 Å². The van der Waals surface area contributed by atoms with E-state index in [1.807, 2.05) is 0 Å². The van der Waals surface area contributed by atoms with Gasteiger partial charge in [-0.1, -0.05) is 6.42 Å². The Kier molecular flexibility index (Phi) is 5.81. The minimum atomic E-state index is 0.214. The Morgan fingerprint density at radius 3 is 1.67 bits per heavy atom. The van der Waals surface area contributed by atoms with Gasteiger partial charge in [-0.15, -0.1) is 0 Å². The summed E-state index contributed by atoms with van der Waals surface area (Å²) in [5, 5.41) is 5.55. The molecule has 0 unspecified atom stereocenters. The summed E-state index contributed by atoms with van der Waals surface area (Å²) in [5.41, 5.74) is 0. The van der Waals surface area contributed by atoms with E-state index in [0.29, 0.717) is 0 Å². The molecular weight excluding hydrogens is 192 g/mol. The first-order valence-electron chi connectivity index (χ1n) is 5.82. The molecule has 0 aromatic carbocycles. The van der Waals surface area contributed by atoms with Crippen molar-refractivity contribution in [3.63, 3.8) is 0 Å². The number of hydrogen-bond acceptors (Lipinski definition) is 2. The van der Waals surface area contributed by atoms with E-state index < -0.39 is 0 Å². The molecule has 0 aromatic rings. The molecule has 0 saturated carbocycles. The monoisotopic (exact) mass is 212 g/mol. The van der Waals surface area contributed by atoms with Crippen LogP contribution in [-0.4, -0.2) is 24.9 Å². The average molecular weight is 212 g/mol. The SMILES string of the molecule is O=C1CCCCCN1.O=C1CCCCN1. The van der Waals surface area contributed by atoms with Crippen LogP contribution < -0.4 is 10.6 Å². The van der Waals surface area contributed by atoms with Crippen molar-refractivity contribution in [2.75, 3.05) is 13.1 Å². The predicted octanol–water partition coefficient (Wildman–Crippen LogP) is 0.963. The van der Waals surface area contributed by atoms with Gasteiger partial charge in [0.25, 0.3) is 0 Å². The van der Waals surface area contributed by atoms with Crippen LogP contribution in [0, 0.1) is 0 Å². The third-order valence-electron chi connectivity index (χ3n) is 2.56. The normalized spacial score (nSPS) is 21.6. The van der Waals surface area contributed by atoms with Crippen molar-refractivity contribution in [1.82, 2.24) is 10.6 Å². The fraction of sp³-hybridized carbons (Fsp3) is 0.818. The Bertz CT molecular complexity index is 199. The summed E-state index contributed by atoms with van der Waals surface area (Å²) in [7, 11) is 0. The molecule has 0 radical (unpaired) electrons. The molecule has 2 heterocycles. The van der Waals surface area contributed by atoms with Gasteiger partial charge in [0, 0.05) is 25.9 Å². The van der Waals surface area contributed by atoms with Crippen LogP contribution in [0.1, 0.15) is 44.9 Å². The standard InChI is InChI=1S/C6H11NO.C5H9NO/c8-6-4-2-1-3-5-7-6;7-5-3-1-2-4-6-5/h1-5H2,(H,7,8);1-4H2,(H,6,7). The minimum absolute atomic E-state index is 0.214. The van der Waals surface area contributed by atoms with Crippen molar-refractivity contribution in [3.05, 3.63) is 0 Å². The highest BCUT2D eigenvalue weighted by atomic mass is 16.2. The van der Waals surface area contributed by atoms with Gasteiger partial charge in [-0.2, -0.15) is 0 Å². The quantitative estimate of drug-likeness (QED) is 0.628. The number of piperidine rings is 1. The molecule has 2 fully saturated rings. The number of amides is 2. The number of carbonyl (C=O) groups is 2. The van der Waals surface area contributed by atoms with E-state index in [2.05, 4.69) is 10.6 Å². The lowest BCUT2D eigenvalue weighted by atomic mass is 10.2. The van der Waals surface area contributed by atoms with Crippen LogP contribution in [0.25, 0.3) is 0 Å². The topological polar surface area (TPSA) is 58.2 Å². The summed E-state index contributed by atoms with van der Waals surface area (Å²) in [6, 6.07) is 0. The summed E-state index contributed by atoms with van der Waals surface area (Å²) in [5.74, 6) is 0.439. The zero-order valence-corrected chi connectivity index (χ0v) is 9.18. The lowest BCUT2D eigenvalue weighted by molar-refractivity contribution is -0.122. The molecule has 2 saturated heterocycles. The van der Waals surface area contributed by atoms with Crippen molar-refractivity contribution < 1.29 is 9.59 Å². The van der Waals surface area contributed by atoms with Crippen LogP contribution in [0.4, 0.5) is 0 Å². The van der Waals surface area contributed by atoms with E-state index >= 15 is 0 Å². The molecule has 2 aliphatic heterocycles. The summed E-state index contributed by atoms with van der Waals surface area (Å²) in [4.78, 5) is 20.9. The maximum absolute atomic E-state index is 10.6. The summed E-state index contributed by atoms with van der Waals surface area (Å²) in [6.07, 6.45) is 7.15. The molecule has 0 bridgehead atoms. The molecule has 0 aromatic heterocycles. The van der Waals surface area contributed by atoms with Gasteiger partial charge in [-0.3, -0.25) is 9.59 Å². The second-order valence-electron chi connectivity index (χ2n) is 3.97. The molecule has 0 aliphatic carbocycles. The molecule has 15 heavy (non-hydrogen) atoms. The Labute approximate surface area is 90.8 Å². The Morgan fingerprint density at radius 2 is 1.13 bits per heavy atom. The summed E-state index contributed by atoms with van der Waals surface area (Å²) < 4.78 is 0. The smallest absolute Gasteiger partial charge is 0.219 e. The van der Waals surface area contributed by atoms with Crippen LogP contribution in [0.2, 0.25) is 0 Å². The number of rotatable bonds is 0. The van der Waals surface area contributed by atoms with Gasteiger partial charge < -0.3 is 10.6 Å².